The van der Waals surface area contributed by atoms with E-state index in [4.69, 9.17) is 0 Å². The fourth-order valence-corrected chi connectivity index (χ4v) is 4.66. The van der Waals surface area contributed by atoms with Crippen LogP contribution >= 0.6 is 0 Å². The SMILES string of the molecule is CC(C)[C@H](NC(=O)c1ccncc1)C(=O)NCCCCCCCCCCCNC(=O)[C@@H](NC(=O)c1ccncc1)C(C)C. The van der Waals surface area contributed by atoms with Gasteiger partial charge in [-0.3, -0.25) is 29.1 Å². The third kappa shape index (κ3) is 13.8. The van der Waals surface area contributed by atoms with Gasteiger partial charge in [0.25, 0.3) is 11.8 Å². The number of hydrogen-bond donors (Lipinski definition) is 4. The average molecular weight is 595 g/mol. The van der Waals surface area contributed by atoms with Crippen LogP contribution in [0.4, 0.5) is 0 Å². The van der Waals surface area contributed by atoms with Crippen LogP contribution in [0.25, 0.3) is 0 Å². The molecule has 0 fully saturated rings. The lowest BCUT2D eigenvalue weighted by Crippen LogP contribution is -2.49. The van der Waals surface area contributed by atoms with E-state index in [1.54, 1.807) is 49.1 Å². The molecule has 2 rings (SSSR count). The van der Waals surface area contributed by atoms with E-state index in [1.807, 2.05) is 27.7 Å². The van der Waals surface area contributed by atoms with Gasteiger partial charge in [0.15, 0.2) is 0 Å². The van der Waals surface area contributed by atoms with Gasteiger partial charge >= 0.3 is 0 Å². The summed E-state index contributed by atoms with van der Waals surface area (Å²) >= 11 is 0. The van der Waals surface area contributed by atoms with Crippen LogP contribution in [0.1, 0.15) is 106 Å². The maximum atomic E-state index is 12.6. The van der Waals surface area contributed by atoms with Crippen molar-refractivity contribution in [1.82, 2.24) is 31.2 Å². The highest BCUT2D eigenvalue weighted by Crippen LogP contribution is 2.10. The van der Waals surface area contributed by atoms with Crippen molar-refractivity contribution in [2.75, 3.05) is 13.1 Å². The molecule has 2 aromatic rings. The first-order chi connectivity index (χ1) is 20.7. The van der Waals surface area contributed by atoms with Gasteiger partial charge in [0.2, 0.25) is 11.8 Å². The highest BCUT2D eigenvalue weighted by atomic mass is 16.2. The highest BCUT2D eigenvalue weighted by Gasteiger charge is 2.25. The largest absolute Gasteiger partial charge is 0.354 e. The van der Waals surface area contributed by atoms with Gasteiger partial charge in [-0.05, 0) is 48.9 Å². The van der Waals surface area contributed by atoms with Crippen molar-refractivity contribution >= 4 is 23.6 Å². The second-order valence-electron chi connectivity index (χ2n) is 11.6. The standard InChI is InChI=1S/C33H50N6O4/c1-24(2)28(38-30(40)26-14-20-34-21-15-26)32(42)36-18-12-10-8-6-5-7-9-11-13-19-37-33(43)29(25(3)4)39-31(41)27-16-22-35-23-17-27/h14-17,20-25,28-29H,5-13,18-19H2,1-4H3,(H,36,42)(H,37,43)(H,38,40)(H,39,41)/t28-,29-/m0/s1. The minimum absolute atomic E-state index is 0.0234. The van der Waals surface area contributed by atoms with E-state index in [0.29, 0.717) is 24.2 Å². The molecule has 2 aromatic heterocycles. The third-order valence-corrected chi connectivity index (χ3v) is 7.31. The summed E-state index contributed by atoms with van der Waals surface area (Å²) < 4.78 is 0. The zero-order valence-electron chi connectivity index (χ0n) is 26.2. The van der Waals surface area contributed by atoms with E-state index in [9.17, 15) is 19.2 Å². The van der Waals surface area contributed by atoms with Gasteiger partial charge in [0.1, 0.15) is 12.1 Å². The average Bonchev–Trinajstić information content (AvgIpc) is 3.00. The molecule has 2 heterocycles. The van der Waals surface area contributed by atoms with Crippen LogP contribution in [0.2, 0.25) is 0 Å². The molecule has 0 aliphatic heterocycles. The lowest BCUT2D eigenvalue weighted by atomic mass is 10.0. The molecule has 0 aromatic carbocycles. The van der Waals surface area contributed by atoms with Gasteiger partial charge in [-0.25, -0.2) is 0 Å². The number of carbonyl (C=O) groups excluding carboxylic acids is 4. The summed E-state index contributed by atoms with van der Waals surface area (Å²) in [6.45, 7) is 8.88. The number of pyridine rings is 2. The van der Waals surface area contributed by atoms with Gasteiger partial charge < -0.3 is 21.3 Å². The fourth-order valence-electron chi connectivity index (χ4n) is 4.66. The summed E-state index contributed by atoms with van der Waals surface area (Å²) in [7, 11) is 0. The molecule has 0 aliphatic carbocycles. The van der Waals surface area contributed by atoms with Crippen molar-refractivity contribution in [1.29, 1.82) is 0 Å². The summed E-state index contributed by atoms with van der Waals surface area (Å²) in [6.07, 6.45) is 15.9. The Balaban J connectivity index is 1.49. The van der Waals surface area contributed by atoms with Crippen LogP contribution in [0.3, 0.4) is 0 Å². The number of hydrogen-bond acceptors (Lipinski definition) is 6. The number of aromatic nitrogens is 2. The highest BCUT2D eigenvalue weighted by molar-refractivity contribution is 5.98. The molecular formula is C33H50N6O4. The van der Waals surface area contributed by atoms with Gasteiger partial charge in [-0.1, -0.05) is 72.6 Å². The molecule has 2 atom stereocenters. The van der Waals surface area contributed by atoms with E-state index in [1.165, 1.54) is 6.42 Å². The van der Waals surface area contributed by atoms with Crippen molar-refractivity contribution in [2.24, 2.45) is 11.8 Å². The molecule has 10 heteroatoms. The predicted octanol–water partition coefficient (Wildman–Crippen LogP) is 4.43. The number of nitrogens with zero attached hydrogens (tertiary/aromatic N) is 2. The first-order valence-electron chi connectivity index (χ1n) is 15.7. The molecule has 0 bridgehead atoms. The molecule has 0 saturated heterocycles. The lowest BCUT2D eigenvalue weighted by Gasteiger charge is -2.21. The summed E-state index contributed by atoms with van der Waals surface area (Å²) in [5.74, 6) is -0.896. The Morgan fingerprint density at radius 2 is 0.837 bits per heavy atom. The number of unbranched alkanes of at least 4 members (excludes halogenated alkanes) is 8. The molecule has 4 amide bonds. The van der Waals surface area contributed by atoms with Crippen LogP contribution in [0.5, 0.6) is 0 Å². The monoisotopic (exact) mass is 594 g/mol. The number of carbonyl (C=O) groups is 4. The summed E-state index contributed by atoms with van der Waals surface area (Å²) in [6, 6.07) is 5.35. The molecule has 0 spiro atoms. The van der Waals surface area contributed by atoms with Crippen LogP contribution in [-0.4, -0.2) is 58.8 Å². The topological polar surface area (TPSA) is 142 Å². The molecular weight excluding hydrogens is 544 g/mol. The van der Waals surface area contributed by atoms with Crippen LogP contribution in [0.15, 0.2) is 49.1 Å². The van der Waals surface area contributed by atoms with Crippen molar-refractivity contribution in [3.05, 3.63) is 60.2 Å². The van der Waals surface area contributed by atoms with Crippen LogP contribution in [0, 0.1) is 11.8 Å². The van der Waals surface area contributed by atoms with Gasteiger partial charge in [0, 0.05) is 49.0 Å². The van der Waals surface area contributed by atoms with Gasteiger partial charge in [-0.2, -0.15) is 0 Å². The molecule has 0 unspecified atom stereocenters. The number of nitrogens with one attached hydrogen (secondary N) is 4. The molecule has 4 N–H and O–H groups in total. The maximum Gasteiger partial charge on any atom is 0.252 e. The molecule has 0 saturated carbocycles. The second-order valence-corrected chi connectivity index (χ2v) is 11.6. The first-order valence-corrected chi connectivity index (χ1v) is 15.7. The smallest absolute Gasteiger partial charge is 0.252 e. The molecule has 10 nitrogen and oxygen atoms in total. The van der Waals surface area contributed by atoms with Crippen molar-refractivity contribution < 1.29 is 19.2 Å². The van der Waals surface area contributed by atoms with Crippen molar-refractivity contribution in [2.45, 2.75) is 97.6 Å². The zero-order chi connectivity index (χ0) is 31.5. The molecule has 0 radical (unpaired) electrons. The summed E-state index contributed by atoms with van der Waals surface area (Å²) in [5.41, 5.74) is 0.972. The Bertz CT molecular complexity index is 1020. The van der Waals surface area contributed by atoms with Gasteiger partial charge in [-0.15, -0.1) is 0 Å². The minimum atomic E-state index is -0.580. The number of rotatable bonds is 20. The Kier molecular flexibility index (Phi) is 16.6. The third-order valence-electron chi connectivity index (χ3n) is 7.31. The van der Waals surface area contributed by atoms with E-state index in [0.717, 1.165) is 51.4 Å². The zero-order valence-corrected chi connectivity index (χ0v) is 26.2. The Labute approximate surface area is 256 Å². The van der Waals surface area contributed by atoms with Crippen molar-refractivity contribution in [3.63, 3.8) is 0 Å². The maximum absolute atomic E-state index is 12.6. The predicted molar refractivity (Wildman–Crippen MR) is 168 cm³/mol. The van der Waals surface area contributed by atoms with E-state index < -0.39 is 12.1 Å². The van der Waals surface area contributed by atoms with Crippen LogP contribution < -0.4 is 21.3 Å². The summed E-state index contributed by atoms with van der Waals surface area (Å²) in [4.78, 5) is 58.0. The van der Waals surface area contributed by atoms with E-state index in [-0.39, 0.29) is 35.5 Å². The van der Waals surface area contributed by atoms with Crippen LogP contribution in [-0.2, 0) is 9.59 Å². The van der Waals surface area contributed by atoms with E-state index in [2.05, 4.69) is 31.2 Å². The Morgan fingerprint density at radius 1 is 0.535 bits per heavy atom. The summed E-state index contributed by atoms with van der Waals surface area (Å²) in [5, 5.41) is 11.6. The molecule has 236 valence electrons. The van der Waals surface area contributed by atoms with E-state index >= 15 is 0 Å². The Morgan fingerprint density at radius 3 is 1.14 bits per heavy atom. The molecule has 43 heavy (non-hydrogen) atoms. The number of amides is 4. The lowest BCUT2D eigenvalue weighted by molar-refractivity contribution is -0.124. The molecule has 0 aliphatic rings. The first kappa shape index (κ1) is 35.4. The fraction of sp³-hybridized carbons (Fsp3) is 0.576. The van der Waals surface area contributed by atoms with Gasteiger partial charge in [0.05, 0.1) is 0 Å². The second kappa shape index (κ2) is 20.1. The quantitative estimate of drug-likeness (QED) is 0.167. The Hall–Kier alpha value is -3.82. The minimum Gasteiger partial charge on any atom is -0.354 e. The normalized spacial score (nSPS) is 12.4. The van der Waals surface area contributed by atoms with Crippen molar-refractivity contribution in [3.8, 4) is 0 Å².